The molecule has 0 fully saturated rings. The zero-order chi connectivity index (χ0) is 25.2. The highest BCUT2D eigenvalue weighted by Crippen LogP contribution is 2.39. The van der Waals surface area contributed by atoms with Gasteiger partial charge in [-0.05, 0) is 38.4 Å². The first-order valence-electron chi connectivity index (χ1n) is 12.0. The molecule has 6 heteroatoms. The van der Waals surface area contributed by atoms with Crippen molar-refractivity contribution in [2.75, 3.05) is 0 Å². The monoisotopic (exact) mass is 466 g/mol. The Morgan fingerprint density at radius 1 is 1.06 bits per heavy atom. The minimum absolute atomic E-state index is 0.0160. The lowest BCUT2D eigenvalue weighted by atomic mass is 9.81. The Hall–Kier alpha value is -1.24. The average molecular weight is 467 g/mol. The maximum atomic E-state index is 13.4. The summed E-state index contributed by atoms with van der Waals surface area (Å²) >= 11 is 0. The first-order chi connectivity index (χ1) is 14.5. The predicted molar refractivity (Wildman–Crippen MR) is 134 cm³/mol. The molecule has 1 aromatic heterocycles. The van der Waals surface area contributed by atoms with Crippen molar-refractivity contribution in [1.29, 1.82) is 0 Å². The van der Waals surface area contributed by atoms with E-state index in [0.29, 0.717) is 29.1 Å². The van der Waals surface area contributed by atoms with E-state index in [-0.39, 0.29) is 28.3 Å². The summed E-state index contributed by atoms with van der Waals surface area (Å²) in [6.07, 6.45) is 0.207. The quantitative estimate of drug-likeness (QED) is 0.433. The molecule has 0 saturated heterocycles. The second kappa shape index (κ2) is 10.8. The second-order valence-corrected chi connectivity index (χ2v) is 15.7. The molecule has 184 valence electrons. The van der Waals surface area contributed by atoms with Crippen LogP contribution in [0.4, 0.5) is 0 Å². The van der Waals surface area contributed by atoms with Crippen molar-refractivity contribution < 1.29 is 18.7 Å². The van der Waals surface area contributed by atoms with E-state index in [9.17, 15) is 14.7 Å². The van der Waals surface area contributed by atoms with Crippen LogP contribution in [0.2, 0.25) is 18.1 Å². The Labute approximate surface area is 196 Å². The van der Waals surface area contributed by atoms with Gasteiger partial charge in [-0.2, -0.15) is 0 Å². The number of aliphatic hydroxyl groups is 1. The van der Waals surface area contributed by atoms with Gasteiger partial charge in [-0.1, -0.05) is 55.4 Å². The molecule has 0 saturated carbocycles. The van der Waals surface area contributed by atoms with E-state index in [0.717, 1.165) is 6.42 Å². The van der Waals surface area contributed by atoms with Gasteiger partial charge in [0.1, 0.15) is 17.3 Å². The fraction of sp³-hybridized carbons (Fsp3) is 0.769. The van der Waals surface area contributed by atoms with E-state index < -0.39 is 26.3 Å². The van der Waals surface area contributed by atoms with Gasteiger partial charge in [0.15, 0.2) is 13.7 Å². The number of ketones is 1. The van der Waals surface area contributed by atoms with E-state index >= 15 is 0 Å². The van der Waals surface area contributed by atoms with Gasteiger partial charge in [0.2, 0.25) is 0 Å². The van der Waals surface area contributed by atoms with Gasteiger partial charge in [-0.3, -0.25) is 9.59 Å². The summed E-state index contributed by atoms with van der Waals surface area (Å²) in [7, 11) is -2.03. The number of carbonyl (C=O) groups excluding carboxylic acids is 1. The molecule has 1 rings (SSSR count). The maximum absolute atomic E-state index is 13.4. The molecule has 5 nitrogen and oxygen atoms in total. The Bertz CT molecular complexity index is 849. The van der Waals surface area contributed by atoms with E-state index in [4.69, 9.17) is 8.84 Å². The van der Waals surface area contributed by atoms with Crippen LogP contribution in [0.25, 0.3) is 0 Å². The van der Waals surface area contributed by atoms with Crippen LogP contribution in [0.1, 0.15) is 90.4 Å². The Morgan fingerprint density at radius 3 is 2.03 bits per heavy atom. The Kier molecular flexibility index (Phi) is 9.71. The van der Waals surface area contributed by atoms with Crippen molar-refractivity contribution in [2.24, 2.45) is 11.8 Å². The first-order valence-corrected chi connectivity index (χ1v) is 14.9. The van der Waals surface area contributed by atoms with E-state index in [1.165, 1.54) is 0 Å². The summed E-state index contributed by atoms with van der Waals surface area (Å²) in [5, 5.41) is 11.2. The molecule has 32 heavy (non-hydrogen) atoms. The van der Waals surface area contributed by atoms with Crippen molar-refractivity contribution in [3.8, 4) is 0 Å². The Balaban J connectivity index is 3.13. The molecule has 0 aliphatic carbocycles. The van der Waals surface area contributed by atoms with E-state index in [2.05, 4.69) is 33.9 Å². The SMILES string of the molecule is CCc1oc([C@@H](C)C(O)C(C)C(=O)[C@@H](C)[C@H](CC)O[Si](C)(C)C(C)(C)C)c(C)c(=O)c1C. The zero-order valence-corrected chi connectivity index (χ0v) is 23.4. The standard InChI is InChI=1S/C26H46O5Si/c1-13-20-15(3)23(28)18(6)25(30-20)19(7)24(29)17(5)22(27)16(4)21(14-2)31-32(11,12)26(8,9)10/h16-17,19,21,24,29H,13-14H2,1-12H3/t16-,17?,19-,21-,24?/m0/s1. The summed E-state index contributed by atoms with van der Waals surface area (Å²) in [6.45, 7) is 23.9. The minimum atomic E-state index is -2.03. The highest BCUT2D eigenvalue weighted by Gasteiger charge is 2.42. The number of rotatable bonds is 10. The van der Waals surface area contributed by atoms with Gasteiger partial charge in [-0.15, -0.1) is 0 Å². The summed E-state index contributed by atoms with van der Waals surface area (Å²) in [5.74, 6) is -0.312. The summed E-state index contributed by atoms with van der Waals surface area (Å²) in [6, 6.07) is 0. The molecule has 2 unspecified atom stereocenters. The van der Waals surface area contributed by atoms with Gasteiger partial charge in [-0.25, -0.2) is 0 Å². The smallest absolute Gasteiger partial charge is 0.192 e. The molecule has 0 aliphatic rings. The lowest BCUT2D eigenvalue weighted by Gasteiger charge is -2.41. The third kappa shape index (κ3) is 6.00. The van der Waals surface area contributed by atoms with Crippen molar-refractivity contribution in [3.05, 3.63) is 32.9 Å². The molecule has 5 atom stereocenters. The first kappa shape index (κ1) is 28.8. The van der Waals surface area contributed by atoms with Crippen molar-refractivity contribution in [3.63, 3.8) is 0 Å². The molecule has 0 radical (unpaired) electrons. The van der Waals surface area contributed by atoms with Crippen LogP contribution in [-0.2, 0) is 15.6 Å². The van der Waals surface area contributed by atoms with Crippen molar-refractivity contribution >= 4 is 14.1 Å². The number of hydrogen-bond acceptors (Lipinski definition) is 5. The molecule has 0 amide bonds. The molecule has 1 N–H and O–H groups in total. The van der Waals surface area contributed by atoms with Gasteiger partial charge >= 0.3 is 0 Å². The molecule has 0 aliphatic heterocycles. The van der Waals surface area contributed by atoms with Crippen LogP contribution >= 0.6 is 0 Å². The predicted octanol–water partition coefficient (Wildman–Crippen LogP) is 5.93. The second-order valence-electron chi connectivity index (χ2n) is 10.9. The highest BCUT2D eigenvalue weighted by atomic mass is 28.4. The lowest BCUT2D eigenvalue weighted by Crippen LogP contribution is -2.47. The van der Waals surface area contributed by atoms with Crippen LogP contribution < -0.4 is 5.43 Å². The Morgan fingerprint density at radius 2 is 1.59 bits per heavy atom. The third-order valence-electron chi connectivity index (χ3n) is 7.57. The molecule has 0 aromatic carbocycles. The number of aliphatic hydroxyl groups excluding tert-OH is 1. The fourth-order valence-electron chi connectivity index (χ4n) is 4.03. The van der Waals surface area contributed by atoms with Gasteiger partial charge in [0.05, 0.1) is 12.2 Å². The van der Waals surface area contributed by atoms with Crippen LogP contribution in [-0.4, -0.2) is 31.4 Å². The molecule has 0 bridgehead atoms. The van der Waals surface area contributed by atoms with Crippen LogP contribution in [0.3, 0.4) is 0 Å². The van der Waals surface area contributed by atoms with E-state index in [1.54, 1.807) is 20.8 Å². The molecular formula is C26H46O5Si. The summed E-state index contributed by atoms with van der Waals surface area (Å²) in [4.78, 5) is 26.0. The van der Waals surface area contributed by atoms with Gasteiger partial charge in [0.25, 0.3) is 0 Å². The van der Waals surface area contributed by atoms with Crippen LogP contribution in [0, 0.1) is 25.7 Å². The molecule has 1 heterocycles. The molecule has 0 spiro atoms. The largest absolute Gasteiger partial charge is 0.465 e. The zero-order valence-electron chi connectivity index (χ0n) is 22.4. The number of aryl methyl sites for hydroxylation is 1. The van der Waals surface area contributed by atoms with Gasteiger partial charge in [0, 0.05) is 35.3 Å². The molecular weight excluding hydrogens is 420 g/mol. The number of carbonyl (C=O) groups is 1. The average Bonchev–Trinajstić information content (AvgIpc) is 2.72. The van der Waals surface area contributed by atoms with Crippen LogP contribution in [0.15, 0.2) is 9.21 Å². The van der Waals surface area contributed by atoms with Crippen molar-refractivity contribution in [1.82, 2.24) is 0 Å². The summed E-state index contributed by atoms with van der Waals surface area (Å²) in [5.41, 5.74) is 1.07. The fourth-order valence-corrected chi connectivity index (χ4v) is 5.51. The normalized spacial score (nSPS) is 17.5. The van der Waals surface area contributed by atoms with Crippen LogP contribution in [0.5, 0.6) is 0 Å². The van der Waals surface area contributed by atoms with Crippen molar-refractivity contribution in [2.45, 2.75) is 118 Å². The third-order valence-corrected chi connectivity index (χ3v) is 12.1. The molecule has 1 aromatic rings. The van der Waals surface area contributed by atoms with Gasteiger partial charge < -0.3 is 13.9 Å². The van der Waals surface area contributed by atoms with E-state index in [1.807, 2.05) is 27.7 Å². The minimum Gasteiger partial charge on any atom is -0.465 e. The lowest BCUT2D eigenvalue weighted by molar-refractivity contribution is -0.132. The summed E-state index contributed by atoms with van der Waals surface area (Å²) < 4.78 is 12.6. The number of hydrogen-bond donors (Lipinski definition) is 1. The maximum Gasteiger partial charge on any atom is 0.192 e. The topological polar surface area (TPSA) is 76.7 Å². The number of Topliss-reactive ketones (excluding diaryl/α,β-unsaturated/α-hetero) is 1. The highest BCUT2D eigenvalue weighted by molar-refractivity contribution is 6.74.